The van der Waals surface area contributed by atoms with Crippen LogP contribution in [0.4, 0.5) is 4.39 Å². The standard InChI is InChI=1S/C18H21FN4OS.ClH/c1-11(20-3)9-21-17(24)16-8-15-12(2)22-23(18(15)25-16)10-13-4-6-14(19)7-5-13;/h4-8,11,20H,9-10H2,1-3H3,(H,21,24);1H. The highest BCUT2D eigenvalue weighted by Gasteiger charge is 2.16. The van der Waals surface area contributed by atoms with Crippen molar-refractivity contribution in [1.82, 2.24) is 20.4 Å². The van der Waals surface area contributed by atoms with Crippen molar-refractivity contribution in [1.29, 1.82) is 0 Å². The fourth-order valence-corrected chi connectivity index (χ4v) is 3.61. The lowest BCUT2D eigenvalue weighted by molar-refractivity contribution is 0.0954. The molecule has 0 saturated heterocycles. The van der Waals surface area contributed by atoms with E-state index in [2.05, 4.69) is 15.7 Å². The summed E-state index contributed by atoms with van der Waals surface area (Å²) in [6.45, 7) is 5.06. The quantitative estimate of drug-likeness (QED) is 0.671. The number of nitrogens with one attached hydrogen (secondary N) is 2. The molecular formula is C18H22ClFN4OS. The second-order valence-corrected chi connectivity index (χ2v) is 7.13. The molecule has 0 bridgehead atoms. The van der Waals surface area contributed by atoms with Crippen molar-refractivity contribution in [2.24, 2.45) is 0 Å². The molecule has 2 heterocycles. The number of amides is 1. The Morgan fingerprint density at radius 2 is 2.04 bits per heavy atom. The van der Waals surface area contributed by atoms with Crippen LogP contribution in [0.25, 0.3) is 10.2 Å². The molecule has 2 aromatic heterocycles. The Kier molecular flexibility index (Phi) is 6.75. The summed E-state index contributed by atoms with van der Waals surface area (Å²) in [6.07, 6.45) is 0. The largest absolute Gasteiger partial charge is 0.350 e. The first-order valence-electron chi connectivity index (χ1n) is 8.14. The van der Waals surface area contributed by atoms with E-state index in [4.69, 9.17) is 0 Å². The first-order chi connectivity index (χ1) is 12.0. The summed E-state index contributed by atoms with van der Waals surface area (Å²) >= 11 is 1.43. The average Bonchev–Trinajstić information content (AvgIpc) is 3.16. The Balaban J connectivity index is 0.00000243. The van der Waals surface area contributed by atoms with Gasteiger partial charge in [-0.3, -0.25) is 9.48 Å². The number of likely N-dealkylation sites (N-methyl/N-ethyl adjacent to an activating group) is 1. The maximum Gasteiger partial charge on any atom is 0.261 e. The van der Waals surface area contributed by atoms with E-state index in [0.717, 1.165) is 21.5 Å². The minimum atomic E-state index is -0.253. The fraction of sp³-hybridized carbons (Fsp3) is 0.333. The van der Waals surface area contributed by atoms with Gasteiger partial charge in [-0.25, -0.2) is 4.39 Å². The zero-order valence-corrected chi connectivity index (χ0v) is 16.5. The van der Waals surface area contributed by atoms with Gasteiger partial charge >= 0.3 is 0 Å². The normalized spacial score (nSPS) is 12.0. The Morgan fingerprint density at radius 3 is 2.69 bits per heavy atom. The van der Waals surface area contributed by atoms with Crippen LogP contribution in [0, 0.1) is 12.7 Å². The smallest absolute Gasteiger partial charge is 0.261 e. The number of rotatable bonds is 6. The minimum Gasteiger partial charge on any atom is -0.350 e. The summed E-state index contributed by atoms with van der Waals surface area (Å²) in [4.78, 5) is 14.0. The third-order valence-corrected chi connectivity index (χ3v) is 5.29. The van der Waals surface area contributed by atoms with Crippen molar-refractivity contribution in [3.05, 3.63) is 52.3 Å². The molecule has 0 radical (unpaired) electrons. The summed E-state index contributed by atoms with van der Waals surface area (Å²) in [6, 6.07) is 8.49. The third kappa shape index (κ3) is 4.41. The molecule has 0 fully saturated rings. The highest BCUT2D eigenvalue weighted by Crippen LogP contribution is 2.28. The number of aromatic nitrogens is 2. The van der Waals surface area contributed by atoms with Crippen LogP contribution in [0.1, 0.15) is 27.9 Å². The molecule has 140 valence electrons. The van der Waals surface area contributed by atoms with Gasteiger partial charge < -0.3 is 10.6 Å². The molecular weight excluding hydrogens is 375 g/mol. The van der Waals surface area contributed by atoms with Crippen molar-refractivity contribution in [2.45, 2.75) is 26.4 Å². The minimum absolute atomic E-state index is 0. The van der Waals surface area contributed by atoms with E-state index in [-0.39, 0.29) is 30.2 Å². The lowest BCUT2D eigenvalue weighted by atomic mass is 10.2. The zero-order valence-electron chi connectivity index (χ0n) is 14.9. The molecule has 0 saturated carbocycles. The molecule has 2 N–H and O–H groups in total. The predicted molar refractivity (Wildman–Crippen MR) is 106 cm³/mol. The van der Waals surface area contributed by atoms with E-state index < -0.39 is 0 Å². The lowest BCUT2D eigenvalue weighted by Crippen LogP contribution is -2.36. The summed E-state index contributed by atoms with van der Waals surface area (Å²) in [5.41, 5.74) is 1.85. The van der Waals surface area contributed by atoms with Crippen molar-refractivity contribution >= 4 is 39.9 Å². The van der Waals surface area contributed by atoms with Gasteiger partial charge in [0.1, 0.15) is 10.6 Å². The van der Waals surface area contributed by atoms with Crippen LogP contribution in [0.5, 0.6) is 0 Å². The van der Waals surface area contributed by atoms with Gasteiger partial charge in [-0.2, -0.15) is 5.10 Å². The van der Waals surface area contributed by atoms with Gasteiger partial charge in [0.2, 0.25) is 0 Å². The molecule has 1 unspecified atom stereocenters. The first kappa shape index (κ1) is 20.4. The second-order valence-electron chi connectivity index (χ2n) is 6.10. The van der Waals surface area contributed by atoms with Crippen molar-refractivity contribution in [2.75, 3.05) is 13.6 Å². The van der Waals surface area contributed by atoms with Crippen LogP contribution in [0.3, 0.4) is 0 Å². The Labute approximate surface area is 162 Å². The molecule has 5 nitrogen and oxygen atoms in total. The molecule has 0 aliphatic heterocycles. The maximum absolute atomic E-state index is 13.1. The number of hydrogen-bond donors (Lipinski definition) is 2. The fourth-order valence-electron chi connectivity index (χ4n) is 2.53. The topological polar surface area (TPSA) is 58.9 Å². The molecule has 8 heteroatoms. The van der Waals surface area contributed by atoms with E-state index >= 15 is 0 Å². The SMILES string of the molecule is CNC(C)CNC(=O)c1cc2c(C)nn(Cc3ccc(F)cc3)c2s1.Cl. The van der Waals surface area contributed by atoms with Crippen molar-refractivity contribution < 1.29 is 9.18 Å². The highest BCUT2D eigenvalue weighted by molar-refractivity contribution is 7.20. The monoisotopic (exact) mass is 396 g/mol. The van der Waals surface area contributed by atoms with E-state index in [9.17, 15) is 9.18 Å². The van der Waals surface area contributed by atoms with Crippen LogP contribution >= 0.6 is 23.7 Å². The molecule has 26 heavy (non-hydrogen) atoms. The van der Waals surface area contributed by atoms with Gasteiger partial charge in [0.05, 0.1) is 17.1 Å². The maximum atomic E-state index is 13.1. The number of carbonyl (C=O) groups excluding carboxylic acids is 1. The van der Waals surface area contributed by atoms with Crippen molar-refractivity contribution in [3.63, 3.8) is 0 Å². The Bertz CT molecular complexity index is 891. The van der Waals surface area contributed by atoms with Gasteiger partial charge in [0.25, 0.3) is 5.91 Å². The Morgan fingerprint density at radius 1 is 1.35 bits per heavy atom. The molecule has 1 aromatic carbocycles. The van der Waals surface area contributed by atoms with Gasteiger partial charge in [-0.15, -0.1) is 23.7 Å². The summed E-state index contributed by atoms with van der Waals surface area (Å²) in [5, 5.41) is 11.6. The van der Waals surface area contributed by atoms with E-state index in [1.54, 1.807) is 12.1 Å². The molecule has 1 amide bonds. The van der Waals surface area contributed by atoms with Crippen LogP contribution in [0.15, 0.2) is 30.3 Å². The van der Waals surface area contributed by atoms with E-state index in [0.29, 0.717) is 18.0 Å². The van der Waals surface area contributed by atoms with Crippen LogP contribution in [-0.2, 0) is 6.54 Å². The molecule has 0 aliphatic carbocycles. The van der Waals surface area contributed by atoms with Gasteiger partial charge in [0, 0.05) is 18.0 Å². The second kappa shape index (κ2) is 8.62. The van der Waals surface area contributed by atoms with Crippen LogP contribution in [-0.4, -0.2) is 35.3 Å². The number of carbonyl (C=O) groups is 1. The van der Waals surface area contributed by atoms with Gasteiger partial charge in [0.15, 0.2) is 0 Å². The average molecular weight is 397 g/mol. The number of halogens is 2. The number of fused-ring (bicyclic) bond motifs is 1. The van der Waals surface area contributed by atoms with Gasteiger partial charge in [-0.05, 0) is 44.7 Å². The number of benzene rings is 1. The number of thiophene rings is 1. The molecule has 0 aliphatic rings. The molecule has 3 rings (SSSR count). The first-order valence-corrected chi connectivity index (χ1v) is 8.96. The number of aryl methyl sites for hydroxylation is 1. The summed E-state index contributed by atoms with van der Waals surface area (Å²) < 4.78 is 14.9. The summed E-state index contributed by atoms with van der Waals surface area (Å²) in [7, 11) is 1.86. The van der Waals surface area contributed by atoms with Gasteiger partial charge in [-0.1, -0.05) is 12.1 Å². The third-order valence-electron chi connectivity index (χ3n) is 4.14. The predicted octanol–water partition coefficient (Wildman–Crippen LogP) is 3.35. The number of hydrogen-bond acceptors (Lipinski definition) is 4. The molecule has 0 spiro atoms. The van der Waals surface area contributed by atoms with E-state index in [1.807, 2.05) is 31.6 Å². The Hall–Kier alpha value is -1.96. The van der Waals surface area contributed by atoms with Crippen LogP contribution < -0.4 is 10.6 Å². The zero-order chi connectivity index (χ0) is 18.0. The molecule has 3 aromatic rings. The van der Waals surface area contributed by atoms with E-state index in [1.165, 1.54) is 23.5 Å². The highest BCUT2D eigenvalue weighted by atomic mass is 35.5. The number of nitrogens with zero attached hydrogens (tertiary/aromatic N) is 2. The van der Waals surface area contributed by atoms with Crippen molar-refractivity contribution in [3.8, 4) is 0 Å². The summed E-state index contributed by atoms with van der Waals surface area (Å²) in [5.74, 6) is -0.326. The lowest BCUT2D eigenvalue weighted by Gasteiger charge is -2.10. The van der Waals surface area contributed by atoms with Crippen LogP contribution in [0.2, 0.25) is 0 Å². The molecule has 1 atom stereocenters.